The fourth-order valence-corrected chi connectivity index (χ4v) is 6.15. The number of hydrogen-bond donors (Lipinski definition) is 0. The average molecular weight is 434 g/mol. The molecule has 0 saturated carbocycles. The van der Waals surface area contributed by atoms with E-state index >= 15 is 0 Å². The Hall–Kier alpha value is -2.65. The van der Waals surface area contributed by atoms with Crippen LogP contribution in [0, 0.1) is 27.7 Å². The van der Waals surface area contributed by atoms with Gasteiger partial charge in [0.1, 0.15) is 4.90 Å². The summed E-state index contributed by atoms with van der Waals surface area (Å²) in [5.74, 6) is 0. The first-order chi connectivity index (χ1) is 13.5. The van der Waals surface area contributed by atoms with Crippen LogP contribution in [0.5, 0.6) is 0 Å². The summed E-state index contributed by atoms with van der Waals surface area (Å²) in [5.41, 5.74) is 2.42. The third kappa shape index (κ3) is 3.56. The van der Waals surface area contributed by atoms with Gasteiger partial charge in [-0.15, -0.1) is 0 Å². The maximum Gasteiger partial charge on any atom is 0.283 e. The van der Waals surface area contributed by atoms with Gasteiger partial charge in [0.2, 0.25) is 0 Å². The summed E-state index contributed by atoms with van der Waals surface area (Å²) in [6.45, 7) is 6.65. The van der Waals surface area contributed by atoms with Crippen LogP contribution in [-0.4, -0.2) is 33.1 Å². The minimum Gasteiger partial charge on any atom is -0.269 e. The quantitative estimate of drug-likeness (QED) is 0.616. The molecule has 0 unspecified atom stereocenters. The van der Waals surface area contributed by atoms with E-state index in [1.54, 1.807) is 42.5 Å². The number of para-hydroxylation sites is 1. The molecule has 0 radical (unpaired) electrons. The van der Waals surface area contributed by atoms with Crippen molar-refractivity contribution >= 4 is 25.7 Å². The molecule has 0 saturated heterocycles. The van der Waals surface area contributed by atoms with Crippen LogP contribution < -0.4 is 4.31 Å². The van der Waals surface area contributed by atoms with Crippen molar-refractivity contribution in [1.82, 2.24) is 9.19 Å². The van der Waals surface area contributed by atoms with Gasteiger partial charge in [-0.1, -0.05) is 24.3 Å². The Morgan fingerprint density at radius 1 is 0.862 bits per heavy atom. The van der Waals surface area contributed by atoms with Gasteiger partial charge in [0.15, 0.2) is 0 Å². The SMILES string of the molecule is Cc1ccc(S(=O)(=O)n2nc(C)c(S(=O)(=O)N(C)c3ccccc3)c2C)cc1C. The lowest BCUT2D eigenvalue weighted by Crippen LogP contribution is -2.27. The maximum absolute atomic E-state index is 13.2. The van der Waals surface area contributed by atoms with Crippen LogP contribution >= 0.6 is 0 Å². The molecule has 7 nitrogen and oxygen atoms in total. The Labute approximate surface area is 171 Å². The largest absolute Gasteiger partial charge is 0.283 e. The second-order valence-corrected chi connectivity index (χ2v) is 10.6. The molecule has 3 rings (SSSR count). The van der Waals surface area contributed by atoms with Gasteiger partial charge in [0, 0.05) is 7.05 Å². The van der Waals surface area contributed by atoms with Gasteiger partial charge in [0.05, 0.1) is 22.0 Å². The molecule has 0 N–H and O–H groups in total. The highest BCUT2D eigenvalue weighted by Gasteiger charge is 2.32. The summed E-state index contributed by atoms with van der Waals surface area (Å²) in [5, 5.41) is 4.08. The molecule has 2 aromatic carbocycles. The van der Waals surface area contributed by atoms with E-state index in [9.17, 15) is 16.8 Å². The van der Waals surface area contributed by atoms with Crippen molar-refractivity contribution < 1.29 is 16.8 Å². The predicted octanol–water partition coefficient (Wildman–Crippen LogP) is 3.18. The molecule has 9 heteroatoms. The number of aryl methyl sites for hydroxylation is 3. The molecule has 0 amide bonds. The van der Waals surface area contributed by atoms with Crippen LogP contribution in [0.15, 0.2) is 58.3 Å². The predicted molar refractivity (Wildman–Crippen MR) is 112 cm³/mol. The molecular formula is C20H23N3O4S2. The van der Waals surface area contributed by atoms with E-state index in [0.29, 0.717) is 5.69 Å². The normalized spacial score (nSPS) is 12.2. The number of rotatable bonds is 5. The van der Waals surface area contributed by atoms with E-state index in [4.69, 9.17) is 0 Å². The van der Waals surface area contributed by atoms with E-state index in [-0.39, 0.29) is 21.2 Å². The zero-order valence-electron chi connectivity index (χ0n) is 16.9. The van der Waals surface area contributed by atoms with Crippen molar-refractivity contribution in [1.29, 1.82) is 0 Å². The molecule has 0 spiro atoms. The standard InChI is InChI=1S/C20H23N3O4S2/c1-14-11-12-19(13-15(14)2)28(24,25)23-17(4)20(16(3)21-23)29(26,27)22(5)18-9-7-6-8-10-18/h6-13H,1-5H3. The van der Waals surface area contributed by atoms with Gasteiger partial charge in [-0.2, -0.15) is 17.6 Å². The molecule has 3 aromatic rings. The maximum atomic E-state index is 13.2. The summed E-state index contributed by atoms with van der Waals surface area (Å²) in [7, 11) is -6.61. The van der Waals surface area contributed by atoms with Crippen molar-refractivity contribution in [3.63, 3.8) is 0 Å². The topological polar surface area (TPSA) is 89.3 Å². The summed E-state index contributed by atoms with van der Waals surface area (Å²) in [6, 6.07) is 13.4. The van der Waals surface area contributed by atoms with Gasteiger partial charge in [0.25, 0.3) is 20.0 Å². The van der Waals surface area contributed by atoms with E-state index < -0.39 is 20.0 Å². The third-order valence-corrected chi connectivity index (χ3v) is 8.63. The lowest BCUT2D eigenvalue weighted by molar-refractivity contribution is 0.577. The van der Waals surface area contributed by atoms with Gasteiger partial charge in [-0.25, -0.2) is 8.42 Å². The van der Waals surface area contributed by atoms with Crippen molar-refractivity contribution in [3.8, 4) is 0 Å². The highest BCUT2D eigenvalue weighted by atomic mass is 32.2. The number of aromatic nitrogens is 2. The second-order valence-electron chi connectivity index (χ2n) is 6.90. The molecule has 1 heterocycles. The molecule has 29 heavy (non-hydrogen) atoms. The van der Waals surface area contributed by atoms with Crippen LogP contribution in [0.4, 0.5) is 5.69 Å². The number of benzene rings is 2. The van der Waals surface area contributed by atoms with Gasteiger partial charge < -0.3 is 0 Å². The molecule has 0 fully saturated rings. The molecular weight excluding hydrogens is 410 g/mol. The Kier molecular flexibility index (Phi) is 5.31. The van der Waals surface area contributed by atoms with Crippen LogP contribution in [-0.2, 0) is 20.0 Å². The van der Waals surface area contributed by atoms with Crippen LogP contribution in [0.25, 0.3) is 0 Å². The second kappa shape index (κ2) is 7.31. The van der Waals surface area contributed by atoms with E-state index in [2.05, 4.69) is 5.10 Å². The van der Waals surface area contributed by atoms with Crippen molar-refractivity contribution in [3.05, 3.63) is 71.0 Å². The Balaban J connectivity index is 2.15. The summed E-state index contributed by atoms with van der Waals surface area (Å²) in [6.07, 6.45) is 0. The van der Waals surface area contributed by atoms with Gasteiger partial charge in [-0.05, 0) is 63.1 Å². The van der Waals surface area contributed by atoms with Crippen molar-refractivity contribution in [2.45, 2.75) is 37.5 Å². The minimum absolute atomic E-state index is 0.0449. The Bertz CT molecular complexity index is 1280. The van der Waals surface area contributed by atoms with Crippen molar-refractivity contribution in [2.24, 2.45) is 0 Å². The Morgan fingerprint density at radius 2 is 1.48 bits per heavy atom. The minimum atomic E-state index is -4.04. The first-order valence-corrected chi connectivity index (χ1v) is 11.8. The third-order valence-electron chi connectivity index (χ3n) is 4.93. The molecule has 0 aliphatic rings. The molecule has 0 atom stereocenters. The molecule has 1 aromatic heterocycles. The fraction of sp³-hybridized carbons (Fsp3) is 0.250. The van der Waals surface area contributed by atoms with Crippen LogP contribution in [0.1, 0.15) is 22.5 Å². The highest BCUT2D eigenvalue weighted by Crippen LogP contribution is 2.29. The first kappa shape index (κ1) is 21.1. The molecule has 0 aliphatic heterocycles. The first-order valence-electron chi connectivity index (χ1n) is 8.91. The zero-order valence-corrected chi connectivity index (χ0v) is 18.5. The Morgan fingerprint density at radius 3 is 2.07 bits per heavy atom. The van der Waals surface area contributed by atoms with Crippen LogP contribution in [0.3, 0.4) is 0 Å². The molecule has 154 valence electrons. The smallest absolute Gasteiger partial charge is 0.269 e. The number of hydrogen-bond acceptors (Lipinski definition) is 5. The van der Waals surface area contributed by atoms with E-state index in [1.165, 1.54) is 27.0 Å². The lowest BCUT2D eigenvalue weighted by atomic mass is 10.1. The number of nitrogens with zero attached hydrogens (tertiary/aromatic N) is 3. The van der Waals surface area contributed by atoms with Crippen LogP contribution in [0.2, 0.25) is 0 Å². The summed E-state index contributed by atoms with van der Waals surface area (Å²) < 4.78 is 54.7. The molecule has 0 aliphatic carbocycles. The number of anilines is 1. The summed E-state index contributed by atoms with van der Waals surface area (Å²) in [4.78, 5) is -0.0529. The summed E-state index contributed by atoms with van der Waals surface area (Å²) >= 11 is 0. The lowest BCUT2D eigenvalue weighted by Gasteiger charge is -2.19. The zero-order chi connectivity index (χ0) is 21.6. The van der Waals surface area contributed by atoms with Gasteiger partial charge in [-0.3, -0.25) is 4.31 Å². The van der Waals surface area contributed by atoms with Crippen molar-refractivity contribution in [2.75, 3.05) is 11.4 Å². The van der Waals surface area contributed by atoms with E-state index in [0.717, 1.165) is 19.5 Å². The fourth-order valence-electron chi connectivity index (χ4n) is 3.10. The molecule has 0 bridgehead atoms. The number of sulfonamides is 1. The van der Waals surface area contributed by atoms with E-state index in [1.807, 2.05) is 13.8 Å². The average Bonchev–Trinajstić information content (AvgIpc) is 2.99. The van der Waals surface area contributed by atoms with Gasteiger partial charge >= 0.3 is 0 Å². The monoisotopic (exact) mass is 433 g/mol. The highest BCUT2D eigenvalue weighted by molar-refractivity contribution is 7.93.